The third-order valence-electron chi connectivity index (χ3n) is 4.30. The van der Waals surface area contributed by atoms with Crippen LogP contribution in [0.5, 0.6) is 5.75 Å². The first kappa shape index (κ1) is 16.4. The molecule has 6 heteroatoms. The number of ether oxygens (including phenoxy) is 1. The molecular formula is C20H18N2O4. The Bertz CT molecular complexity index is 1130. The van der Waals surface area contributed by atoms with Crippen molar-refractivity contribution in [2.45, 2.75) is 19.6 Å². The second-order valence-electron chi connectivity index (χ2n) is 6.26. The predicted molar refractivity (Wildman–Crippen MR) is 98.5 cm³/mol. The van der Waals surface area contributed by atoms with Gasteiger partial charge in [-0.3, -0.25) is 0 Å². The maximum absolute atomic E-state index is 11.5. The lowest BCUT2D eigenvalue weighted by Crippen LogP contribution is -2.23. The summed E-state index contributed by atoms with van der Waals surface area (Å²) in [6.45, 7) is 2.36. The Labute approximate surface area is 149 Å². The molecule has 2 heterocycles. The van der Waals surface area contributed by atoms with E-state index in [0.717, 1.165) is 22.0 Å². The van der Waals surface area contributed by atoms with Crippen LogP contribution in [0.25, 0.3) is 22.0 Å². The van der Waals surface area contributed by atoms with Gasteiger partial charge in [0.25, 0.3) is 0 Å². The highest BCUT2D eigenvalue weighted by Crippen LogP contribution is 2.22. The van der Waals surface area contributed by atoms with E-state index in [9.17, 15) is 9.90 Å². The predicted octanol–water partition coefficient (Wildman–Crippen LogP) is 2.89. The molecule has 2 aromatic carbocycles. The minimum Gasteiger partial charge on any atom is -0.491 e. The minimum absolute atomic E-state index is 0.119. The van der Waals surface area contributed by atoms with Gasteiger partial charge < -0.3 is 18.8 Å². The number of imidazole rings is 1. The molecule has 6 nitrogen and oxygen atoms in total. The second-order valence-corrected chi connectivity index (χ2v) is 6.26. The molecule has 1 N–H and O–H groups in total. The van der Waals surface area contributed by atoms with Gasteiger partial charge in [0.1, 0.15) is 24.0 Å². The molecule has 1 unspecified atom stereocenters. The van der Waals surface area contributed by atoms with E-state index >= 15 is 0 Å². The summed E-state index contributed by atoms with van der Waals surface area (Å²) in [6.07, 6.45) is 1.01. The van der Waals surface area contributed by atoms with Crippen LogP contribution in [0.2, 0.25) is 0 Å². The molecule has 132 valence electrons. The van der Waals surface area contributed by atoms with E-state index in [0.29, 0.717) is 17.9 Å². The van der Waals surface area contributed by atoms with Crippen LogP contribution < -0.4 is 10.4 Å². The highest BCUT2D eigenvalue weighted by molar-refractivity contribution is 5.81. The van der Waals surface area contributed by atoms with Crippen LogP contribution in [0.4, 0.5) is 0 Å². The molecule has 0 aliphatic rings. The van der Waals surface area contributed by atoms with Gasteiger partial charge >= 0.3 is 5.63 Å². The lowest BCUT2D eigenvalue weighted by Gasteiger charge is -2.14. The van der Waals surface area contributed by atoms with Crippen LogP contribution in [-0.4, -0.2) is 27.4 Å². The van der Waals surface area contributed by atoms with Crippen LogP contribution in [0.15, 0.2) is 64.1 Å². The van der Waals surface area contributed by atoms with Crippen molar-refractivity contribution in [1.29, 1.82) is 0 Å². The zero-order valence-electron chi connectivity index (χ0n) is 14.3. The Morgan fingerprint density at radius 1 is 1.23 bits per heavy atom. The van der Waals surface area contributed by atoms with Crippen molar-refractivity contribution in [2.24, 2.45) is 0 Å². The third-order valence-corrected chi connectivity index (χ3v) is 4.30. The second kappa shape index (κ2) is 6.65. The largest absolute Gasteiger partial charge is 0.491 e. The number of fused-ring (bicyclic) bond motifs is 2. The maximum Gasteiger partial charge on any atom is 0.336 e. The first-order chi connectivity index (χ1) is 12.6. The SMILES string of the molecule is Cc1cc(=O)oc2cc(OCC(O)Cn3cnc4ccccc43)ccc12. The zero-order valence-corrected chi connectivity index (χ0v) is 14.3. The van der Waals surface area contributed by atoms with E-state index in [1.165, 1.54) is 6.07 Å². The van der Waals surface area contributed by atoms with Gasteiger partial charge in [-0.15, -0.1) is 0 Å². The zero-order chi connectivity index (χ0) is 18.1. The number of para-hydroxylation sites is 2. The molecule has 0 aliphatic heterocycles. The number of rotatable bonds is 5. The first-order valence-electron chi connectivity index (χ1n) is 8.35. The van der Waals surface area contributed by atoms with E-state index in [-0.39, 0.29) is 12.2 Å². The van der Waals surface area contributed by atoms with Crippen LogP contribution in [0, 0.1) is 6.92 Å². The van der Waals surface area contributed by atoms with E-state index in [1.807, 2.05) is 41.8 Å². The van der Waals surface area contributed by atoms with Gasteiger partial charge in [0.2, 0.25) is 0 Å². The molecule has 0 spiro atoms. The number of aromatic nitrogens is 2. The summed E-state index contributed by atoms with van der Waals surface area (Å²) in [4.78, 5) is 15.8. The van der Waals surface area contributed by atoms with Crippen molar-refractivity contribution in [2.75, 3.05) is 6.61 Å². The Balaban J connectivity index is 1.46. The summed E-state index contributed by atoms with van der Waals surface area (Å²) < 4.78 is 12.8. The smallest absolute Gasteiger partial charge is 0.336 e. The molecule has 0 radical (unpaired) electrons. The number of hydrogen-bond donors (Lipinski definition) is 1. The van der Waals surface area contributed by atoms with Crippen molar-refractivity contribution < 1.29 is 14.3 Å². The fourth-order valence-corrected chi connectivity index (χ4v) is 3.02. The van der Waals surface area contributed by atoms with Gasteiger partial charge in [0, 0.05) is 17.5 Å². The Kier molecular flexibility index (Phi) is 4.18. The number of aliphatic hydroxyl groups is 1. The van der Waals surface area contributed by atoms with Crippen LogP contribution >= 0.6 is 0 Å². The Morgan fingerprint density at radius 2 is 2.08 bits per heavy atom. The molecule has 1 atom stereocenters. The summed E-state index contributed by atoms with van der Waals surface area (Å²) in [6, 6.07) is 14.5. The summed E-state index contributed by atoms with van der Waals surface area (Å²) >= 11 is 0. The van der Waals surface area contributed by atoms with Crippen molar-refractivity contribution >= 4 is 22.0 Å². The molecule has 4 aromatic rings. The van der Waals surface area contributed by atoms with Gasteiger partial charge in [-0.1, -0.05) is 12.1 Å². The fraction of sp³-hybridized carbons (Fsp3) is 0.200. The van der Waals surface area contributed by atoms with Crippen molar-refractivity contribution in [3.63, 3.8) is 0 Å². The molecule has 4 rings (SSSR count). The van der Waals surface area contributed by atoms with E-state index in [2.05, 4.69) is 4.98 Å². The standard InChI is InChI=1S/C20H18N2O4/c1-13-8-20(24)26-19-9-15(6-7-16(13)19)25-11-14(23)10-22-12-21-17-4-2-3-5-18(17)22/h2-9,12,14,23H,10-11H2,1H3. The Morgan fingerprint density at radius 3 is 2.96 bits per heavy atom. The molecule has 2 aromatic heterocycles. The lowest BCUT2D eigenvalue weighted by atomic mass is 10.1. The molecule has 0 saturated heterocycles. The third kappa shape index (κ3) is 3.19. The van der Waals surface area contributed by atoms with Gasteiger partial charge in [0.15, 0.2) is 0 Å². The minimum atomic E-state index is -0.701. The summed E-state index contributed by atoms with van der Waals surface area (Å²) in [7, 11) is 0. The van der Waals surface area contributed by atoms with Gasteiger partial charge in [0.05, 0.1) is 23.9 Å². The van der Waals surface area contributed by atoms with E-state index in [4.69, 9.17) is 9.15 Å². The van der Waals surface area contributed by atoms with E-state index < -0.39 is 6.10 Å². The molecule has 26 heavy (non-hydrogen) atoms. The van der Waals surface area contributed by atoms with Crippen LogP contribution in [-0.2, 0) is 6.54 Å². The van der Waals surface area contributed by atoms with E-state index in [1.54, 1.807) is 18.5 Å². The molecule has 0 saturated carbocycles. The first-order valence-corrected chi connectivity index (χ1v) is 8.35. The Hall–Kier alpha value is -3.12. The molecule has 0 fully saturated rings. The average molecular weight is 350 g/mol. The van der Waals surface area contributed by atoms with Crippen LogP contribution in [0.1, 0.15) is 5.56 Å². The monoisotopic (exact) mass is 350 g/mol. The normalized spacial score (nSPS) is 12.5. The highest BCUT2D eigenvalue weighted by atomic mass is 16.5. The summed E-state index contributed by atoms with van der Waals surface area (Å²) in [5.74, 6) is 0.542. The van der Waals surface area contributed by atoms with Crippen molar-refractivity contribution in [3.05, 3.63) is 70.8 Å². The number of benzene rings is 2. The summed E-state index contributed by atoms with van der Waals surface area (Å²) in [5.41, 5.74) is 2.80. The number of aliphatic hydroxyl groups excluding tert-OH is 1. The maximum atomic E-state index is 11.5. The molecular weight excluding hydrogens is 332 g/mol. The highest BCUT2D eigenvalue weighted by Gasteiger charge is 2.10. The van der Waals surface area contributed by atoms with Gasteiger partial charge in [-0.05, 0) is 36.8 Å². The van der Waals surface area contributed by atoms with Gasteiger partial charge in [-0.2, -0.15) is 0 Å². The number of nitrogens with zero attached hydrogens (tertiary/aromatic N) is 2. The topological polar surface area (TPSA) is 77.5 Å². The quantitative estimate of drug-likeness (QED) is 0.560. The lowest BCUT2D eigenvalue weighted by molar-refractivity contribution is 0.0934. The molecule has 0 amide bonds. The summed E-state index contributed by atoms with van der Waals surface area (Å²) in [5, 5.41) is 11.2. The number of aryl methyl sites for hydroxylation is 1. The van der Waals surface area contributed by atoms with Crippen LogP contribution in [0.3, 0.4) is 0 Å². The number of hydrogen-bond acceptors (Lipinski definition) is 5. The van der Waals surface area contributed by atoms with Crippen molar-refractivity contribution in [3.8, 4) is 5.75 Å². The van der Waals surface area contributed by atoms with Gasteiger partial charge in [-0.25, -0.2) is 9.78 Å². The molecule has 0 aliphatic carbocycles. The molecule has 0 bridgehead atoms. The van der Waals surface area contributed by atoms with Crippen molar-refractivity contribution in [1.82, 2.24) is 9.55 Å². The average Bonchev–Trinajstić information content (AvgIpc) is 3.02. The fourth-order valence-electron chi connectivity index (χ4n) is 3.02.